The molecule has 3 heteroatoms. The van der Waals surface area contributed by atoms with E-state index in [4.69, 9.17) is 0 Å². The van der Waals surface area contributed by atoms with Gasteiger partial charge in [0, 0.05) is 23.4 Å². The van der Waals surface area contributed by atoms with Crippen molar-refractivity contribution in [1.29, 1.82) is 0 Å². The van der Waals surface area contributed by atoms with Gasteiger partial charge in [0.25, 0.3) is 0 Å². The number of nitrogens with one attached hydrogen (secondary N) is 1. The smallest absolute Gasteiger partial charge is 0.161 e. The molecule has 0 bridgehead atoms. The topological polar surface area (TPSA) is 37.8 Å². The largest absolute Gasteiger partial charge is 0.370 e. The van der Waals surface area contributed by atoms with Crippen LogP contribution in [0.2, 0.25) is 0 Å². The summed E-state index contributed by atoms with van der Waals surface area (Å²) in [4.78, 5) is 9.11. The molecule has 17 heavy (non-hydrogen) atoms. The van der Waals surface area contributed by atoms with E-state index in [2.05, 4.69) is 22.2 Å². The zero-order valence-electron chi connectivity index (χ0n) is 10.5. The lowest BCUT2D eigenvalue weighted by atomic mass is 10.2. The SMILES string of the molecule is CCNc1nc(-c2ccccc2)nc(C)c1C. The zero-order chi connectivity index (χ0) is 12.3. The van der Waals surface area contributed by atoms with Crippen LogP contribution in [0.1, 0.15) is 18.2 Å². The van der Waals surface area contributed by atoms with Gasteiger partial charge in [-0.3, -0.25) is 0 Å². The second-order valence-corrected chi connectivity index (χ2v) is 4.00. The van der Waals surface area contributed by atoms with Gasteiger partial charge in [-0.15, -0.1) is 0 Å². The lowest BCUT2D eigenvalue weighted by Gasteiger charge is -2.11. The minimum absolute atomic E-state index is 0.782. The Morgan fingerprint density at radius 1 is 1.06 bits per heavy atom. The van der Waals surface area contributed by atoms with Gasteiger partial charge in [-0.25, -0.2) is 9.97 Å². The molecule has 0 aliphatic carbocycles. The minimum Gasteiger partial charge on any atom is -0.370 e. The third kappa shape index (κ3) is 2.44. The highest BCUT2D eigenvalue weighted by Gasteiger charge is 2.08. The molecule has 0 fully saturated rings. The molecule has 1 N–H and O–H groups in total. The van der Waals surface area contributed by atoms with Crippen LogP contribution in [0.25, 0.3) is 11.4 Å². The van der Waals surface area contributed by atoms with Crippen molar-refractivity contribution in [2.45, 2.75) is 20.8 Å². The van der Waals surface area contributed by atoms with Crippen LogP contribution in [0.15, 0.2) is 30.3 Å². The van der Waals surface area contributed by atoms with Crippen LogP contribution in [0, 0.1) is 13.8 Å². The molecule has 0 saturated carbocycles. The molecule has 2 rings (SSSR count). The number of hydrogen-bond acceptors (Lipinski definition) is 3. The first-order valence-electron chi connectivity index (χ1n) is 5.87. The lowest BCUT2D eigenvalue weighted by molar-refractivity contribution is 1.05. The van der Waals surface area contributed by atoms with Crippen LogP contribution in [-0.2, 0) is 0 Å². The molecule has 0 aliphatic rings. The highest BCUT2D eigenvalue weighted by molar-refractivity contribution is 5.59. The standard InChI is InChI=1S/C14H17N3/c1-4-15-13-10(2)11(3)16-14(17-13)12-8-6-5-7-9-12/h5-9H,4H2,1-3H3,(H,15,16,17). The Bertz CT molecular complexity index is 506. The van der Waals surface area contributed by atoms with Gasteiger partial charge in [0.15, 0.2) is 5.82 Å². The first-order valence-corrected chi connectivity index (χ1v) is 5.87. The summed E-state index contributed by atoms with van der Waals surface area (Å²) in [5, 5.41) is 3.28. The van der Waals surface area contributed by atoms with Gasteiger partial charge in [-0.2, -0.15) is 0 Å². The van der Waals surface area contributed by atoms with Crippen molar-refractivity contribution in [2.24, 2.45) is 0 Å². The van der Waals surface area contributed by atoms with Crippen molar-refractivity contribution in [3.8, 4) is 11.4 Å². The fourth-order valence-corrected chi connectivity index (χ4v) is 1.68. The fourth-order valence-electron chi connectivity index (χ4n) is 1.68. The quantitative estimate of drug-likeness (QED) is 0.875. The van der Waals surface area contributed by atoms with E-state index in [0.717, 1.165) is 35.0 Å². The molecule has 0 amide bonds. The third-order valence-corrected chi connectivity index (χ3v) is 2.77. The number of rotatable bonds is 3. The number of hydrogen-bond donors (Lipinski definition) is 1. The molecular weight excluding hydrogens is 210 g/mol. The first-order chi connectivity index (χ1) is 8.22. The normalized spacial score (nSPS) is 10.3. The predicted octanol–water partition coefficient (Wildman–Crippen LogP) is 3.19. The van der Waals surface area contributed by atoms with E-state index in [1.807, 2.05) is 44.2 Å². The Balaban J connectivity index is 2.49. The summed E-state index contributed by atoms with van der Waals surface area (Å²) in [6.45, 7) is 7.00. The van der Waals surface area contributed by atoms with Crippen molar-refractivity contribution in [1.82, 2.24) is 9.97 Å². The maximum Gasteiger partial charge on any atom is 0.161 e. The van der Waals surface area contributed by atoms with Crippen molar-refractivity contribution in [2.75, 3.05) is 11.9 Å². The number of anilines is 1. The number of benzene rings is 1. The molecule has 3 nitrogen and oxygen atoms in total. The average Bonchev–Trinajstić information content (AvgIpc) is 2.36. The molecule has 2 aromatic rings. The summed E-state index contributed by atoms with van der Waals surface area (Å²) in [6.07, 6.45) is 0. The predicted molar refractivity (Wildman–Crippen MR) is 71.1 cm³/mol. The summed E-state index contributed by atoms with van der Waals surface area (Å²) < 4.78 is 0. The van der Waals surface area contributed by atoms with Gasteiger partial charge in [-0.1, -0.05) is 30.3 Å². The fraction of sp³-hybridized carbons (Fsp3) is 0.286. The van der Waals surface area contributed by atoms with E-state index in [0.29, 0.717) is 0 Å². The summed E-state index contributed by atoms with van der Waals surface area (Å²) in [5.41, 5.74) is 3.19. The molecule has 1 aromatic carbocycles. The van der Waals surface area contributed by atoms with Gasteiger partial charge in [-0.05, 0) is 20.8 Å². The van der Waals surface area contributed by atoms with Crippen LogP contribution < -0.4 is 5.32 Å². The summed E-state index contributed by atoms with van der Waals surface area (Å²) in [7, 11) is 0. The Kier molecular flexibility index (Phi) is 3.38. The molecule has 1 aromatic heterocycles. The molecule has 0 radical (unpaired) electrons. The Morgan fingerprint density at radius 2 is 1.76 bits per heavy atom. The van der Waals surface area contributed by atoms with Crippen molar-refractivity contribution >= 4 is 5.82 Å². The molecule has 0 unspecified atom stereocenters. The van der Waals surface area contributed by atoms with E-state index in [1.54, 1.807) is 0 Å². The van der Waals surface area contributed by atoms with Crippen LogP contribution in [0.5, 0.6) is 0 Å². The van der Waals surface area contributed by atoms with E-state index in [9.17, 15) is 0 Å². The molecular formula is C14H17N3. The lowest BCUT2D eigenvalue weighted by Crippen LogP contribution is -2.06. The Labute approximate surface area is 102 Å². The second-order valence-electron chi connectivity index (χ2n) is 4.00. The van der Waals surface area contributed by atoms with E-state index in [-0.39, 0.29) is 0 Å². The van der Waals surface area contributed by atoms with E-state index in [1.165, 1.54) is 0 Å². The molecule has 0 saturated heterocycles. The van der Waals surface area contributed by atoms with Crippen LogP contribution >= 0.6 is 0 Å². The van der Waals surface area contributed by atoms with E-state index < -0.39 is 0 Å². The van der Waals surface area contributed by atoms with Crippen molar-refractivity contribution in [3.05, 3.63) is 41.6 Å². The number of nitrogens with zero attached hydrogens (tertiary/aromatic N) is 2. The Hall–Kier alpha value is -1.90. The highest BCUT2D eigenvalue weighted by atomic mass is 15.0. The summed E-state index contributed by atoms with van der Waals surface area (Å²) in [6, 6.07) is 10.1. The molecule has 0 aliphatic heterocycles. The summed E-state index contributed by atoms with van der Waals surface area (Å²) in [5.74, 6) is 1.71. The molecule has 0 atom stereocenters. The third-order valence-electron chi connectivity index (χ3n) is 2.77. The molecule has 88 valence electrons. The monoisotopic (exact) mass is 227 g/mol. The average molecular weight is 227 g/mol. The van der Waals surface area contributed by atoms with Gasteiger partial charge < -0.3 is 5.32 Å². The summed E-state index contributed by atoms with van der Waals surface area (Å²) >= 11 is 0. The number of aromatic nitrogens is 2. The molecule has 1 heterocycles. The van der Waals surface area contributed by atoms with Crippen LogP contribution in [0.4, 0.5) is 5.82 Å². The van der Waals surface area contributed by atoms with Gasteiger partial charge in [0.2, 0.25) is 0 Å². The zero-order valence-corrected chi connectivity index (χ0v) is 10.5. The second kappa shape index (κ2) is 4.95. The van der Waals surface area contributed by atoms with E-state index >= 15 is 0 Å². The van der Waals surface area contributed by atoms with Gasteiger partial charge in [0.05, 0.1) is 0 Å². The maximum absolute atomic E-state index is 4.57. The van der Waals surface area contributed by atoms with Gasteiger partial charge >= 0.3 is 0 Å². The minimum atomic E-state index is 0.782. The van der Waals surface area contributed by atoms with Gasteiger partial charge in [0.1, 0.15) is 5.82 Å². The van der Waals surface area contributed by atoms with Crippen molar-refractivity contribution < 1.29 is 0 Å². The van der Waals surface area contributed by atoms with Crippen LogP contribution in [0.3, 0.4) is 0 Å². The molecule has 0 spiro atoms. The first kappa shape index (κ1) is 11.6. The maximum atomic E-state index is 4.57. The highest BCUT2D eigenvalue weighted by Crippen LogP contribution is 2.21. The van der Waals surface area contributed by atoms with Crippen LogP contribution in [-0.4, -0.2) is 16.5 Å². The Morgan fingerprint density at radius 3 is 2.41 bits per heavy atom. The number of aryl methyl sites for hydroxylation is 1. The van der Waals surface area contributed by atoms with Crippen molar-refractivity contribution in [3.63, 3.8) is 0 Å².